The largest absolute Gasteiger partial charge is 0.298 e. The SMILES string of the molecule is C[B]c1ccc(CCC(=O)CN(c2cccc(Cl)c2C)S(=O)(=O)c2ccc(C)cc2)cc1. The van der Waals surface area contributed by atoms with Crippen LogP contribution in [0.1, 0.15) is 23.1 Å². The molecular formula is C25H26BClNO3S. The van der Waals surface area contributed by atoms with Gasteiger partial charge >= 0.3 is 0 Å². The van der Waals surface area contributed by atoms with Gasteiger partial charge in [0.15, 0.2) is 5.78 Å². The van der Waals surface area contributed by atoms with Crippen molar-refractivity contribution in [3.05, 3.63) is 88.4 Å². The van der Waals surface area contributed by atoms with Gasteiger partial charge in [-0.05, 0) is 55.7 Å². The predicted octanol–water partition coefficient (Wildman–Crippen LogP) is 4.73. The molecule has 7 heteroatoms. The van der Waals surface area contributed by atoms with Gasteiger partial charge in [0.2, 0.25) is 0 Å². The molecule has 0 saturated heterocycles. The summed E-state index contributed by atoms with van der Waals surface area (Å²) in [5, 5.41) is 0.451. The molecule has 165 valence electrons. The molecule has 32 heavy (non-hydrogen) atoms. The van der Waals surface area contributed by atoms with Crippen LogP contribution in [0.4, 0.5) is 5.69 Å². The van der Waals surface area contributed by atoms with Crippen molar-refractivity contribution in [2.75, 3.05) is 10.8 Å². The first kappa shape index (κ1) is 24.1. The van der Waals surface area contributed by atoms with Gasteiger partial charge in [0.1, 0.15) is 7.28 Å². The maximum atomic E-state index is 13.5. The van der Waals surface area contributed by atoms with Crippen LogP contribution in [0.2, 0.25) is 11.8 Å². The van der Waals surface area contributed by atoms with E-state index in [2.05, 4.69) is 0 Å². The zero-order chi connectivity index (χ0) is 23.3. The highest BCUT2D eigenvalue weighted by Gasteiger charge is 2.28. The minimum Gasteiger partial charge on any atom is -0.298 e. The van der Waals surface area contributed by atoms with E-state index in [9.17, 15) is 13.2 Å². The maximum Gasteiger partial charge on any atom is 0.264 e. The number of ketones is 1. The molecule has 0 aliphatic rings. The Morgan fingerprint density at radius 1 is 0.969 bits per heavy atom. The fourth-order valence-corrected chi connectivity index (χ4v) is 5.08. The summed E-state index contributed by atoms with van der Waals surface area (Å²) in [5.74, 6) is -0.161. The molecule has 0 atom stereocenters. The van der Waals surface area contributed by atoms with Gasteiger partial charge in [-0.1, -0.05) is 71.9 Å². The highest BCUT2D eigenvalue weighted by atomic mass is 35.5. The summed E-state index contributed by atoms with van der Waals surface area (Å²) in [6.45, 7) is 5.37. The average molecular weight is 467 g/mol. The molecule has 3 aromatic carbocycles. The first-order valence-corrected chi connectivity index (χ1v) is 12.3. The summed E-state index contributed by atoms with van der Waals surface area (Å²) in [6, 6.07) is 19.7. The minimum atomic E-state index is -3.95. The summed E-state index contributed by atoms with van der Waals surface area (Å²) in [6.07, 6.45) is 0.796. The quantitative estimate of drug-likeness (QED) is 0.428. The van der Waals surface area contributed by atoms with Crippen molar-refractivity contribution < 1.29 is 13.2 Å². The van der Waals surface area contributed by atoms with Crippen LogP contribution in [0.15, 0.2) is 71.6 Å². The van der Waals surface area contributed by atoms with Crippen LogP contribution in [0.5, 0.6) is 0 Å². The monoisotopic (exact) mass is 466 g/mol. The number of hydrogen-bond acceptors (Lipinski definition) is 3. The molecular weight excluding hydrogens is 441 g/mol. The van der Waals surface area contributed by atoms with Gasteiger partial charge in [0.05, 0.1) is 17.1 Å². The summed E-state index contributed by atoms with van der Waals surface area (Å²) < 4.78 is 28.2. The first-order valence-electron chi connectivity index (χ1n) is 10.5. The Labute approximate surface area is 196 Å². The van der Waals surface area contributed by atoms with Crippen LogP contribution in [0.3, 0.4) is 0 Å². The van der Waals surface area contributed by atoms with E-state index in [1.54, 1.807) is 49.4 Å². The third-order valence-corrected chi connectivity index (χ3v) is 7.63. The highest BCUT2D eigenvalue weighted by molar-refractivity contribution is 7.92. The molecule has 3 aromatic rings. The molecule has 0 spiro atoms. The number of rotatable bonds is 9. The van der Waals surface area contributed by atoms with Crippen molar-refractivity contribution in [3.8, 4) is 0 Å². The highest BCUT2D eigenvalue weighted by Crippen LogP contribution is 2.31. The van der Waals surface area contributed by atoms with E-state index in [0.29, 0.717) is 22.7 Å². The molecule has 0 heterocycles. The zero-order valence-corrected chi connectivity index (χ0v) is 20.1. The lowest BCUT2D eigenvalue weighted by Crippen LogP contribution is -2.36. The Balaban J connectivity index is 1.87. The third-order valence-electron chi connectivity index (χ3n) is 5.44. The number of hydrogen-bond donors (Lipinski definition) is 0. The van der Waals surface area contributed by atoms with Crippen LogP contribution in [-0.4, -0.2) is 28.0 Å². The van der Waals surface area contributed by atoms with Crippen LogP contribution >= 0.6 is 11.6 Å². The normalized spacial score (nSPS) is 11.2. The van der Waals surface area contributed by atoms with Crippen molar-refractivity contribution in [3.63, 3.8) is 0 Å². The number of nitrogens with zero attached hydrogens (tertiary/aromatic N) is 1. The van der Waals surface area contributed by atoms with Crippen LogP contribution in [-0.2, 0) is 21.2 Å². The number of carbonyl (C=O) groups is 1. The Morgan fingerprint density at radius 2 is 1.62 bits per heavy atom. The summed E-state index contributed by atoms with van der Waals surface area (Å²) in [7, 11) is -1.94. The van der Waals surface area contributed by atoms with E-state index >= 15 is 0 Å². The average Bonchev–Trinajstić information content (AvgIpc) is 2.78. The lowest BCUT2D eigenvalue weighted by Gasteiger charge is -2.26. The van der Waals surface area contributed by atoms with Crippen molar-refractivity contribution >= 4 is 45.8 Å². The molecule has 0 amide bonds. The second kappa shape index (κ2) is 10.4. The van der Waals surface area contributed by atoms with Crippen molar-refractivity contribution in [2.45, 2.75) is 38.4 Å². The Hall–Kier alpha value is -2.57. The summed E-state index contributed by atoms with van der Waals surface area (Å²) >= 11 is 6.27. The van der Waals surface area contributed by atoms with Crippen LogP contribution in [0, 0.1) is 13.8 Å². The molecule has 3 rings (SSSR count). The molecule has 0 aromatic heterocycles. The second-order valence-corrected chi connectivity index (χ2v) is 10.0. The molecule has 4 nitrogen and oxygen atoms in total. The third kappa shape index (κ3) is 5.61. The number of benzene rings is 3. The number of carbonyl (C=O) groups excluding carboxylic acids is 1. The minimum absolute atomic E-state index is 0.140. The molecule has 0 saturated carbocycles. The van der Waals surface area contributed by atoms with E-state index in [1.807, 2.05) is 45.3 Å². The number of aryl methyl sites for hydroxylation is 2. The summed E-state index contributed by atoms with van der Waals surface area (Å²) in [4.78, 5) is 13.0. The lowest BCUT2D eigenvalue weighted by atomic mass is 9.73. The van der Waals surface area contributed by atoms with Crippen LogP contribution in [0.25, 0.3) is 0 Å². The smallest absolute Gasteiger partial charge is 0.264 e. The molecule has 0 N–H and O–H groups in total. The molecule has 0 unspecified atom stereocenters. The molecule has 0 aliphatic heterocycles. The van der Waals surface area contributed by atoms with Gasteiger partial charge in [-0.15, -0.1) is 0 Å². The van der Waals surface area contributed by atoms with Crippen molar-refractivity contribution in [1.29, 1.82) is 0 Å². The zero-order valence-electron chi connectivity index (χ0n) is 18.5. The van der Waals surface area contributed by atoms with Crippen LogP contribution < -0.4 is 9.77 Å². The van der Waals surface area contributed by atoms with E-state index in [4.69, 9.17) is 11.6 Å². The van der Waals surface area contributed by atoms with E-state index in [1.165, 1.54) is 4.31 Å². The lowest BCUT2D eigenvalue weighted by molar-refractivity contribution is -0.117. The first-order chi connectivity index (χ1) is 15.2. The summed E-state index contributed by atoms with van der Waals surface area (Å²) in [5.41, 5.74) is 4.14. The van der Waals surface area contributed by atoms with Crippen molar-refractivity contribution in [1.82, 2.24) is 0 Å². The molecule has 0 fully saturated rings. The Bertz CT molecular complexity index is 1190. The standard InChI is InChI=1S/C25H26BClNO3S/c1-18-7-15-23(16-8-18)32(30,31)28(25-6-4-5-24(27)19(25)2)17-22(29)14-11-20-9-12-21(26-3)13-10-20/h4-10,12-13,15-16H,11,14,17H2,1-3H3. The Morgan fingerprint density at radius 3 is 2.25 bits per heavy atom. The second-order valence-electron chi connectivity index (χ2n) is 7.78. The topological polar surface area (TPSA) is 54.5 Å². The van der Waals surface area contributed by atoms with Gasteiger partial charge in [0, 0.05) is 11.4 Å². The van der Waals surface area contributed by atoms with Gasteiger partial charge in [-0.2, -0.15) is 0 Å². The maximum absolute atomic E-state index is 13.5. The van der Waals surface area contributed by atoms with E-state index in [0.717, 1.165) is 16.6 Å². The van der Waals surface area contributed by atoms with Gasteiger partial charge < -0.3 is 0 Å². The van der Waals surface area contributed by atoms with Gasteiger partial charge in [-0.25, -0.2) is 8.42 Å². The Kier molecular flexibility index (Phi) is 7.80. The van der Waals surface area contributed by atoms with Gasteiger partial charge in [0.25, 0.3) is 10.0 Å². The van der Waals surface area contributed by atoms with Gasteiger partial charge in [-0.3, -0.25) is 9.10 Å². The van der Waals surface area contributed by atoms with Crippen molar-refractivity contribution in [2.24, 2.45) is 0 Å². The number of sulfonamides is 1. The fourth-order valence-electron chi connectivity index (χ4n) is 3.40. The molecule has 0 bridgehead atoms. The number of Topliss-reactive ketones (excluding diaryl/α,β-unsaturated/α-hetero) is 1. The number of halogens is 1. The number of anilines is 1. The predicted molar refractivity (Wildman–Crippen MR) is 133 cm³/mol. The van der Waals surface area contributed by atoms with E-state index in [-0.39, 0.29) is 23.6 Å². The fraction of sp³-hybridized carbons (Fsp3) is 0.240. The van der Waals surface area contributed by atoms with E-state index < -0.39 is 10.0 Å². The molecule has 0 aliphatic carbocycles. The molecule has 1 radical (unpaired) electrons.